The molecule has 6 nitrogen and oxygen atoms in total. The van der Waals surface area contributed by atoms with Crippen LogP contribution >= 0.6 is 0 Å². The van der Waals surface area contributed by atoms with Gasteiger partial charge in [0.1, 0.15) is 5.78 Å². The average molecular weight is 361 g/mol. The van der Waals surface area contributed by atoms with Crippen molar-refractivity contribution in [2.45, 2.75) is 86.7 Å². The van der Waals surface area contributed by atoms with E-state index in [9.17, 15) is 14.4 Å². The molecule has 0 heterocycles. The molecule has 0 radical (unpaired) electrons. The van der Waals surface area contributed by atoms with Gasteiger partial charge in [-0.25, -0.2) is 0 Å². The van der Waals surface area contributed by atoms with E-state index in [0.717, 1.165) is 0 Å². The van der Waals surface area contributed by atoms with Crippen molar-refractivity contribution in [2.75, 3.05) is 0 Å². The number of aliphatic carboxylic acids is 1. The summed E-state index contributed by atoms with van der Waals surface area (Å²) in [4.78, 5) is 33.7. The van der Waals surface area contributed by atoms with Gasteiger partial charge in [0.25, 0.3) is 0 Å². The van der Waals surface area contributed by atoms with Gasteiger partial charge in [0.15, 0.2) is 5.66 Å². The molecule has 0 aromatic carbocycles. The Morgan fingerprint density at radius 1 is 0.880 bits per heavy atom. The minimum Gasteiger partial charge on any atom is -0.481 e. The molecule has 0 saturated carbocycles. The molecule has 0 bridgehead atoms. The highest BCUT2D eigenvalue weighted by Gasteiger charge is 2.30. The Hall–Kier alpha value is -1.43. The predicted molar refractivity (Wildman–Crippen MR) is 102 cm³/mol. The first-order valence-electron chi connectivity index (χ1n) is 8.31. The normalized spacial score (nSPS) is 13.5. The number of hydrogen-bond acceptors (Lipinski definition) is 3. The van der Waals surface area contributed by atoms with Crippen molar-refractivity contribution in [3.8, 4) is 0 Å². The number of carboxylic acid groups (broad SMARTS) is 1. The van der Waals surface area contributed by atoms with E-state index in [4.69, 9.17) is 5.11 Å². The highest BCUT2D eigenvalue weighted by atomic mass is 16.4. The third-order valence-electron chi connectivity index (χ3n) is 2.32. The predicted octanol–water partition coefficient (Wildman–Crippen LogP) is 2.82. The molecular weight excluding hydrogens is 320 g/mol. The van der Waals surface area contributed by atoms with Gasteiger partial charge in [0, 0.05) is 19.8 Å². The molecule has 1 atom stereocenters. The topological polar surface area (TPSA) is 111 Å². The summed E-state index contributed by atoms with van der Waals surface area (Å²) in [7, 11) is 0. The molecule has 0 spiro atoms. The lowest BCUT2D eigenvalue weighted by Gasteiger charge is -2.24. The van der Waals surface area contributed by atoms with Crippen molar-refractivity contribution in [1.29, 1.82) is 0 Å². The molecule has 0 aromatic heterocycles. The van der Waals surface area contributed by atoms with Gasteiger partial charge in [0.05, 0.1) is 12.8 Å². The van der Waals surface area contributed by atoms with Crippen LogP contribution in [0.2, 0.25) is 0 Å². The summed E-state index contributed by atoms with van der Waals surface area (Å²) in [6, 6.07) is 0. The van der Waals surface area contributed by atoms with E-state index in [1.54, 1.807) is 6.92 Å². The molecule has 0 aliphatic carbocycles. The molecule has 150 valence electrons. The zero-order valence-electron chi connectivity index (χ0n) is 17.7. The van der Waals surface area contributed by atoms with E-state index in [1.807, 2.05) is 20.8 Å². The number of carboxylic acids is 1. The maximum Gasteiger partial charge on any atom is 0.303 e. The minimum atomic E-state index is -1.02. The highest BCUT2D eigenvalue weighted by molar-refractivity contribution is 5.83. The fourth-order valence-electron chi connectivity index (χ4n) is 1.75. The third kappa shape index (κ3) is 27.7. The molecule has 0 rings (SSSR count). The van der Waals surface area contributed by atoms with Crippen molar-refractivity contribution in [3.05, 3.63) is 7.43 Å². The van der Waals surface area contributed by atoms with Crippen LogP contribution in [0.4, 0.5) is 0 Å². The van der Waals surface area contributed by atoms with E-state index >= 15 is 0 Å². The Kier molecular flexibility index (Phi) is 12.8. The maximum absolute atomic E-state index is 11.8. The second-order valence-corrected chi connectivity index (χ2v) is 9.46. The quantitative estimate of drug-likeness (QED) is 0.479. The summed E-state index contributed by atoms with van der Waals surface area (Å²) in [6.07, 6.45) is 0.234. The zero-order valence-corrected chi connectivity index (χ0v) is 17.7. The van der Waals surface area contributed by atoms with E-state index in [0.29, 0.717) is 11.8 Å². The van der Waals surface area contributed by atoms with Gasteiger partial charge >= 0.3 is 5.97 Å². The van der Waals surface area contributed by atoms with Crippen LogP contribution in [0.3, 0.4) is 0 Å². The molecule has 0 aliphatic rings. The number of nitrogens with one attached hydrogen (secondary N) is 1. The lowest BCUT2D eigenvalue weighted by Crippen LogP contribution is -2.79. The van der Waals surface area contributed by atoms with Crippen molar-refractivity contribution in [2.24, 2.45) is 10.8 Å². The Labute approximate surface area is 153 Å². The number of rotatable bonds is 7. The van der Waals surface area contributed by atoms with Gasteiger partial charge in [-0.05, 0) is 10.8 Å². The smallest absolute Gasteiger partial charge is 0.303 e. The Bertz CT molecular complexity index is 424. The summed E-state index contributed by atoms with van der Waals surface area (Å²) in [5.41, 5.74) is 3.32. The molecule has 1 unspecified atom stereocenters. The van der Waals surface area contributed by atoms with Crippen molar-refractivity contribution < 1.29 is 25.2 Å². The average Bonchev–Trinajstić information content (AvgIpc) is 2.18. The summed E-state index contributed by atoms with van der Waals surface area (Å²) in [5, 5.41) is 11.1. The molecule has 5 N–H and O–H groups in total. The monoisotopic (exact) mass is 360 g/mol. The van der Waals surface area contributed by atoms with Gasteiger partial charge in [-0.3, -0.25) is 14.4 Å². The summed E-state index contributed by atoms with van der Waals surface area (Å²) in [6.45, 7) is 16.3. The minimum absolute atomic E-state index is 0. The van der Waals surface area contributed by atoms with Crippen molar-refractivity contribution >= 4 is 17.7 Å². The highest BCUT2D eigenvalue weighted by Crippen LogP contribution is 2.20. The summed E-state index contributed by atoms with van der Waals surface area (Å²) in [5.74, 6) is -1.39. The van der Waals surface area contributed by atoms with Gasteiger partial charge in [-0.1, -0.05) is 48.5 Å². The first-order chi connectivity index (χ1) is 10.4. The lowest BCUT2D eigenvalue weighted by atomic mass is 9.87. The van der Waals surface area contributed by atoms with Crippen LogP contribution < -0.4 is 11.1 Å². The van der Waals surface area contributed by atoms with Gasteiger partial charge in [-0.2, -0.15) is 0 Å². The Morgan fingerprint density at radius 2 is 1.28 bits per heavy atom. The van der Waals surface area contributed by atoms with Crippen molar-refractivity contribution in [3.63, 3.8) is 0 Å². The zero-order chi connectivity index (χ0) is 19.8. The molecule has 0 fully saturated rings. The number of carbonyl (C=O) groups is 3. The first kappa shape index (κ1) is 28.4. The second kappa shape index (κ2) is 11.2. The van der Waals surface area contributed by atoms with Crippen LogP contribution in [0.15, 0.2) is 0 Å². The van der Waals surface area contributed by atoms with Crippen LogP contribution in [-0.2, 0) is 14.4 Å². The Balaban J connectivity index is -0.000000704. The SMILES string of the molecule is CC(C)(C)C.CC(C)(C)CC(=O)CC(C)([NH3+])NC(=O)CCC(=O)O.[CH3-]. The first-order valence-corrected chi connectivity index (χ1v) is 8.31. The van der Waals surface area contributed by atoms with Crippen LogP contribution in [-0.4, -0.2) is 28.4 Å². The molecule has 25 heavy (non-hydrogen) atoms. The van der Waals surface area contributed by atoms with Crippen LogP contribution in [0.25, 0.3) is 0 Å². The molecule has 0 aromatic rings. The second-order valence-electron chi connectivity index (χ2n) is 9.46. The van der Waals surface area contributed by atoms with Crippen LogP contribution in [0.5, 0.6) is 0 Å². The van der Waals surface area contributed by atoms with Crippen LogP contribution in [0.1, 0.15) is 81.1 Å². The lowest BCUT2D eigenvalue weighted by molar-refractivity contribution is -0.477. The van der Waals surface area contributed by atoms with Crippen molar-refractivity contribution in [1.82, 2.24) is 5.32 Å². The van der Waals surface area contributed by atoms with Gasteiger partial charge < -0.3 is 23.6 Å². The molecule has 1 amide bonds. The molecule has 0 aliphatic heterocycles. The maximum atomic E-state index is 11.8. The van der Waals surface area contributed by atoms with E-state index < -0.39 is 17.5 Å². The number of amides is 1. The Morgan fingerprint density at radius 3 is 1.60 bits per heavy atom. The molecule has 6 heteroatoms. The summed E-state index contributed by atoms with van der Waals surface area (Å²) < 4.78 is 0. The largest absolute Gasteiger partial charge is 0.481 e. The number of carbonyl (C=O) groups excluding carboxylic acids is 2. The fraction of sp³-hybridized carbons (Fsp3) is 0.789. The van der Waals surface area contributed by atoms with Gasteiger partial charge in [0.2, 0.25) is 5.91 Å². The van der Waals surface area contributed by atoms with E-state index in [-0.39, 0.29) is 37.9 Å². The number of ketones is 1. The van der Waals surface area contributed by atoms with Crippen LogP contribution in [0, 0.1) is 18.3 Å². The summed E-state index contributed by atoms with van der Waals surface area (Å²) >= 11 is 0. The number of quaternary nitrogens is 1. The number of Topliss-reactive ketones (excluding diaryl/α,β-unsaturated/α-hetero) is 1. The fourth-order valence-corrected chi connectivity index (χ4v) is 1.75. The standard InChI is InChI=1S/C13H24N2O4.C5H12.CH3/c1-12(2,3)7-9(16)8-13(4,14)15-10(17)5-6-11(18)19;1-5(2,3)4;/h5-8,14H2,1-4H3,(H,15,17)(H,18,19);1-4H3;1H3/q;;-1/p+1. The van der Waals surface area contributed by atoms with Gasteiger partial charge in [-0.15, -0.1) is 0 Å². The van der Waals surface area contributed by atoms with E-state index in [2.05, 4.69) is 38.7 Å². The third-order valence-corrected chi connectivity index (χ3v) is 2.32. The number of hydrogen-bond donors (Lipinski definition) is 3. The molecule has 0 saturated heterocycles. The van der Waals surface area contributed by atoms with E-state index in [1.165, 1.54) is 0 Å². The molecular formula is C19H40N2O4.